The highest BCUT2D eigenvalue weighted by Gasteiger charge is 2.24. The third-order valence-corrected chi connectivity index (χ3v) is 4.59. The van der Waals surface area contributed by atoms with Crippen LogP contribution in [-0.4, -0.2) is 17.2 Å². The van der Waals surface area contributed by atoms with Crippen LogP contribution in [0, 0.1) is 5.92 Å². The van der Waals surface area contributed by atoms with Gasteiger partial charge in [0, 0.05) is 12.0 Å². The molecule has 0 saturated heterocycles. The lowest BCUT2D eigenvalue weighted by molar-refractivity contribution is -0.147. The first-order valence-electron chi connectivity index (χ1n) is 9.49. The molecule has 0 aliphatic rings. The minimum Gasteiger partial charge on any atom is -0.478 e. The molecule has 0 fully saturated rings. The SMILES string of the molecule is CC(C)c1ccccc1Oc1coc2cc(OC(C(=O)O)C(C)C)ccc2c1=O. The summed E-state index contributed by atoms with van der Waals surface area (Å²) in [5.74, 6) is -0.0107. The number of ether oxygens (including phenoxy) is 2. The molecule has 1 N–H and O–H groups in total. The molecule has 0 saturated carbocycles. The summed E-state index contributed by atoms with van der Waals surface area (Å²) in [6, 6.07) is 12.2. The van der Waals surface area contributed by atoms with Crippen LogP contribution in [0.2, 0.25) is 0 Å². The zero-order chi connectivity index (χ0) is 21.1. The molecule has 1 atom stereocenters. The molecular weight excluding hydrogens is 372 g/mol. The van der Waals surface area contributed by atoms with Gasteiger partial charge in [0.2, 0.25) is 11.2 Å². The maximum atomic E-state index is 12.8. The fraction of sp³-hybridized carbons (Fsp3) is 0.304. The van der Waals surface area contributed by atoms with Crippen molar-refractivity contribution in [1.29, 1.82) is 0 Å². The molecule has 3 rings (SSSR count). The van der Waals surface area contributed by atoms with Crippen LogP contribution >= 0.6 is 0 Å². The number of para-hydroxylation sites is 1. The predicted molar refractivity (Wildman–Crippen MR) is 110 cm³/mol. The molecule has 29 heavy (non-hydrogen) atoms. The molecule has 1 heterocycles. The Kier molecular flexibility index (Phi) is 5.92. The Morgan fingerprint density at radius 2 is 1.76 bits per heavy atom. The van der Waals surface area contributed by atoms with Crippen molar-refractivity contribution < 1.29 is 23.8 Å². The average Bonchev–Trinajstić information content (AvgIpc) is 2.68. The van der Waals surface area contributed by atoms with Gasteiger partial charge in [-0.3, -0.25) is 4.79 Å². The van der Waals surface area contributed by atoms with Gasteiger partial charge in [0.15, 0.2) is 6.10 Å². The number of aliphatic carboxylic acids is 1. The fourth-order valence-electron chi connectivity index (χ4n) is 3.02. The zero-order valence-electron chi connectivity index (χ0n) is 16.8. The quantitative estimate of drug-likeness (QED) is 0.591. The van der Waals surface area contributed by atoms with Crippen molar-refractivity contribution in [1.82, 2.24) is 0 Å². The van der Waals surface area contributed by atoms with E-state index in [1.54, 1.807) is 26.0 Å². The first-order chi connectivity index (χ1) is 13.8. The second kappa shape index (κ2) is 8.39. The minimum atomic E-state index is -1.05. The van der Waals surface area contributed by atoms with Crippen LogP contribution in [0.4, 0.5) is 0 Å². The van der Waals surface area contributed by atoms with Crippen molar-refractivity contribution in [2.75, 3.05) is 0 Å². The van der Waals surface area contributed by atoms with E-state index in [-0.39, 0.29) is 23.0 Å². The molecule has 3 aromatic rings. The highest BCUT2D eigenvalue weighted by atomic mass is 16.5. The molecule has 6 nitrogen and oxygen atoms in total. The number of benzene rings is 2. The summed E-state index contributed by atoms with van der Waals surface area (Å²) in [4.78, 5) is 24.2. The number of hydrogen-bond acceptors (Lipinski definition) is 5. The standard InChI is InChI=1S/C23H24O6/c1-13(2)16-7-5-6-8-18(16)29-20-12-27-19-11-15(9-10-17(19)21(20)24)28-22(14(3)4)23(25)26/h5-14,22H,1-4H3,(H,25,26). The van der Waals surface area contributed by atoms with Gasteiger partial charge in [-0.15, -0.1) is 0 Å². The normalized spacial score (nSPS) is 12.3. The van der Waals surface area contributed by atoms with E-state index < -0.39 is 12.1 Å². The van der Waals surface area contributed by atoms with Gasteiger partial charge in [-0.25, -0.2) is 4.79 Å². The van der Waals surface area contributed by atoms with Gasteiger partial charge in [-0.2, -0.15) is 0 Å². The van der Waals surface area contributed by atoms with Crippen LogP contribution in [0.1, 0.15) is 39.2 Å². The Hall–Kier alpha value is -3.28. The van der Waals surface area contributed by atoms with Crippen LogP contribution in [0.5, 0.6) is 17.2 Å². The summed E-state index contributed by atoms with van der Waals surface area (Å²) in [6.45, 7) is 7.62. The van der Waals surface area contributed by atoms with E-state index in [0.717, 1.165) is 5.56 Å². The molecular formula is C23H24O6. The average molecular weight is 396 g/mol. The van der Waals surface area contributed by atoms with E-state index >= 15 is 0 Å². The number of hydrogen-bond donors (Lipinski definition) is 1. The van der Waals surface area contributed by atoms with Crippen LogP contribution in [0.3, 0.4) is 0 Å². The molecule has 6 heteroatoms. The van der Waals surface area contributed by atoms with Gasteiger partial charge in [-0.1, -0.05) is 45.9 Å². The van der Waals surface area contributed by atoms with E-state index in [2.05, 4.69) is 0 Å². The van der Waals surface area contributed by atoms with E-state index in [1.807, 2.05) is 38.1 Å². The minimum absolute atomic E-state index is 0.0878. The highest BCUT2D eigenvalue weighted by Crippen LogP contribution is 2.30. The molecule has 1 unspecified atom stereocenters. The first-order valence-corrected chi connectivity index (χ1v) is 9.49. The van der Waals surface area contributed by atoms with Crippen molar-refractivity contribution in [2.45, 2.75) is 39.7 Å². The second-order valence-electron chi connectivity index (χ2n) is 7.50. The Morgan fingerprint density at radius 1 is 1.03 bits per heavy atom. The van der Waals surface area contributed by atoms with E-state index in [9.17, 15) is 14.7 Å². The van der Waals surface area contributed by atoms with E-state index in [4.69, 9.17) is 13.9 Å². The van der Waals surface area contributed by atoms with Gasteiger partial charge >= 0.3 is 5.97 Å². The predicted octanol–water partition coefficient (Wildman–Crippen LogP) is 5.20. The molecule has 2 aromatic carbocycles. The molecule has 0 amide bonds. The van der Waals surface area contributed by atoms with Crippen LogP contribution < -0.4 is 14.9 Å². The van der Waals surface area contributed by atoms with Gasteiger partial charge in [-0.05, 0) is 29.7 Å². The Morgan fingerprint density at radius 3 is 2.41 bits per heavy atom. The smallest absolute Gasteiger partial charge is 0.345 e. The number of fused-ring (bicyclic) bond motifs is 1. The maximum Gasteiger partial charge on any atom is 0.345 e. The monoisotopic (exact) mass is 396 g/mol. The molecule has 152 valence electrons. The molecule has 0 aliphatic heterocycles. The lowest BCUT2D eigenvalue weighted by atomic mass is 10.0. The van der Waals surface area contributed by atoms with E-state index in [0.29, 0.717) is 22.5 Å². The highest BCUT2D eigenvalue weighted by molar-refractivity contribution is 5.79. The van der Waals surface area contributed by atoms with Crippen molar-refractivity contribution in [2.24, 2.45) is 5.92 Å². The Labute approximate surface area is 168 Å². The topological polar surface area (TPSA) is 86.0 Å². The molecule has 1 aromatic heterocycles. The maximum absolute atomic E-state index is 12.8. The van der Waals surface area contributed by atoms with Crippen molar-refractivity contribution in [3.63, 3.8) is 0 Å². The Bertz CT molecular complexity index is 1080. The second-order valence-corrected chi connectivity index (χ2v) is 7.50. The summed E-state index contributed by atoms with van der Waals surface area (Å²) in [6.07, 6.45) is 0.275. The summed E-state index contributed by atoms with van der Waals surface area (Å²) < 4.78 is 17.0. The van der Waals surface area contributed by atoms with Crippen LogP contribution in [-0.2, 0) is 4.79 Å². The number of rotatable bonds is 7. The fourth-order valence-corrected chi connectivity index (χ4v) is 3.02. The van der Waals surface area contributed by atoms with Crippen LogP contribution in [0.15, 0.2) is 57.9 Å². The summed E-state index contributed by atoms with van der Waals surface area (Å²) in [5.41, 5.74) is 0.976. The molecule has 0 aliphatic carbocycles. The third kappa shape index (κ3) is 4.42. The van der Waals surface area contributed by atoms with Gasteiger partial charge in [0.25, 0.3) is 0 Å². The van der Waals surface area contributed by atoms with Crippen LogP contribution in [0.25, 0.3) is 11.0 Å². The lowest BCUT2D eigenvalue weighted by Crippen LogP contribution is -2.32. The van der Waals surface area contributed by atoms with E-state index in [1.165, 1.54) is 12.3 Å². The molecule has 0 bridgehead atoms. The molecule has 0 radical (unpaired) electrons. The van der Waals surface area contributed by atoms with Gasteiger partial charge < -0.3 is 19.0 Å². The summed E-state index contributed by atoms with van der Waals surface area (Å²) >= 11 is 0. The van der Waals surface area contributed by atoms with Crippen molar-refractivity contribution in [3.8, 4) is 17.2 Å². The summed E-state index contributed by atoms with van der Waals surface area (Å²) in [7, 11) is 0. The Balaban J connectivity index is 1.93. The zero-order valence-corrected chi connectivity index (χ0v) is 16.8. The summed E-state index contributed by atoms with van der Waals surface area (Å²) in [5, 5.41) is 9.61. The third-order valence-electron chi connectivity index (χ3n) is 4.59. The number of carboxylic acids is 1. The lowest BCUT2D eigenvalue weighted by Gasteiger charge is -2.18. The van der Waals surface area contributed by atoms with Gasteiger partial charge in [0.05, 0.1) is 5.39 Å². The van der Waals surface area contributed by atoms with Crippen molar-refractivity contribution in [3.05, 3.63) is 64.5 Å². The molecule has 0 spiro atoms. The van der Waals surface area contributed by atoms with Crippen molar-refractivity contribution >= 4 is 16.9 Å². The van der Waals surface area contributed by atoms with Gasteiger partial charge in [0.1, 0.15) is 23.3 Å². The number of carbonyl (C=O) groups is 1. The first kappa shape index (κ1) is 20.5. The number of carboxylic acid groups (broad SMARTS) is 1. The largest absolute Gasteiger partial charge is 0.478 e.